The third-order valence-electron chi connectivity index (χ3n) is 3.98. The van der Waals surface area contributed by atoms with Gasteiger partial charge in [0, 0.05) is 12.6 Å². The summed E-state index contributed by atoms with van der Waals surface area (Å²) < 4.78 is 16.6. The lowest BCUT2D eigenvalue weighted by molar-refractivity contribution is -0.122. The molecule has 26 heavy (non-hydrogen) atoms. The van der Waals surface area contributed by atoms with Gasteiger partial charge in [0.25, 0.3) is 5.91 Å². The van der Waals surface area contributed by atoms with E-state index in [-0.39, 0.29) is 5.91 Å². The minimum atomic E-state index is -0.0884. The molecule has 2 heterocycles. The summed E-state index contributed by atoms with van der Waals surface area (Å²) in [6, 6.07) is 9.44. The molecule has 1 amide bonds. The first kappa shape index (κ1) is 18.5. The van der Waals surface area contributed by atoms with E-state index in [0.29, 0.717) is 39.5 Å². The summed E-state index contributed by atoms with van der Waals surface area (Å²) in [6.45, 7) is 2.38. The number of methoxy groups -OCH3 is 2. The Hall–Kier alpha value is -2.25. The lowest BCUT2D eigenvalue weighted by atomic mass is 10.1. The average molecular weight is 389 g/mol. The molecule has 1 aliphatic heterocycles. The highest BCUT2D eigenvalue weighted by Gasteiger charge is 2.31. The molecule has 0 radical (unpaired) electrons. The SMILES string of the molecule is COc1ccc(CCN2C(=O)/C(=C/c3ccc(C)o3)SC2=S)cc1OC. The summed E-state index contributed by atoms with van der Waals surface area (Å²) in [7, 11) is 3.20. The normalized spacial score (nSPS) is 15.8. The molecule has 1 saturated heterocycles. The van der Waals surface area contributed by atoms with Gasteiger partial charge in [0.2, 0.25) is 0 Å². The summed E-state index contributed by atoms with van der Waals surface area (Å²) in [5.41, 5.74) is 1.04. The van der Waals surface area contributed by atoms with E-state index in [1.807, 2.05) is 37.3 Å². The van der Waals surface area contributed by atoms with Crippen LogP contribution in [-0.2, 0) is 11.2 Å². The van der Waals surface area contributed by atoms with Gasteiger partial charge in [-0.25, -0.2) is 0 Å². The predicted molar refractivity (Wildman–Crippen MR) is 107 cm³/mol. The molecule has 2 aromatic rings. The number of carbonyl (C=O) groups excluding carboxylic acids is 1. The van der Waals surface area contributed by atoms with Crippen LogP contribution in [0.4, 0.5) is 0 Å². The molecule has 0 aliphatic carbocycles. The van der Waals surface area contributed by atoms with Gasteiger partial charge in [0.15, 0.2) is 11.5 Å². The zero-order chi connectivity index (χ0) is 18.7. The van der Waals surface area contributed by atoms with Crippen LogP contribution in [0.15, 0.2) is 39.7 Å². The number of furan rings is 1. The van der Waals surface area contributed by atoms with Gasteiger partial charge in [0.1, 0.15) is 15.8 Å². The quantitative estimate of drug-likeness (QED) is 0.549. The van der Waals surface area contributed by atoms with Crippen molar-refractivity contribution in [1.82, 2.24) is 4.90 Å². The maximum absolute atomic E-state index is 12.6. The summed E-state index contributed by atoms with van der Waals surface area (Å²) in [5.74, 6) is 2.72. The molecule has 3 rings (SSSR count). The number of benzene rings is 1. The number of nitrogens with zero attached hydrogens (tertiary/aromatic N) is 1. The largest absolute Gasteiger partial charge is 0.493 e. The standard InChI is InChI=1S/C19H19NO4S2/c1-12-4-6-14(24-12)11-17-18(21)20(19(25)26-17)9-8-13-5-7-15(22-2)16(10-13)23-3/h4-7,10-11H,8-9H2,1-3H3/b17-11-. The molecule has 1 aromatic heterocycles. The van der Waals surface area contributed by atoms with Crippen LogP contribution < -0.4 is 9.47 Å². The predicted octanol–water partition coefficient (Wildman–Crippen LogP) is 4.05. The van der Waals surface area contributed by atoms with Gasteiger partial charge in [-0.3, -0.25) is 9.69 Å². The highest BCUT2D eigenvalue weighted by atomic mass is 32.2. The van der Waals surface area contributed by atoms with Gasteiger partial charge in [-0.2, -0.15) is 0 Å². The smallest absolute Gasteiger partial charge is 0.266 e. The van der Waals surface area contributed by atoms with E-state index in [1.165, 1.54) is 11.8 Å². The van der Waals surface area contributed by atoms with Gasteiger partial charge in [-0.05, 0) is 43.2 Å². The van der Waals surface area contributed by atoms with Crippen molar-refractivity contribution in [3.05, 3.63) is 52.3 Å². The maximum Gasteiger partial charge on any atom is 0.266 e. The molecule has 0 spiro atoms. The van der Waals surface area contributed by atoms with Crippen LogP contribution >= 0.6 is 24.0 Å². The number of ether oxygens (including phenoxy) is 2. The van der Waals surface area contributed by atoms with Gasteiger partial charge >= 0.3 is 0 Å². The van der Waals surface area contributed by atoms with E-state index < -0.39 is 0 Å². The molecule has 0 N–H and O–H groups in total. The topological polar surface area (TPSA) is 51.9 Å². The fourth-order valence-electron chi connectivity index (χ4n) is 2.63. The Kier molecular flexibility index (Phi) is 5.68. The number of carbonyl (C=O) groups is 1. The fourth-order valence-corrected chi connectivity index (χ4v) is 3.92. The lowest BCUT2D eigenvalue weighted by Gasteiger charge is -2.15. The Morgan fingerprint density at radius 3 is 2.62 bits per heavy atom. The third kappa shape index (κ3) is 3.94. The molecule has 0 saturated carbocycles. The molecule has 7 heteroatoms. The van der Waals surface area contributed by atoms with Crippen molar-refractivity contribution in [3.8, 4) is 11.5 Å². The van der Waals surface area contributed by atoms with Crippen LogP contribution in [0.2, 0.25) is 0 Å². The summed E-state index contributed by atoms with van der Waals surface area (Å²) in [5, 5.41) is 0. The second kappa shape index (κ2) is 7.97. The van der Waals surface area contributed by atoms with E-state index in [4.69, 9.17) is 26.1 Å². The first-order valence-corrected chi connectivity index (χ1v) is 9.27. The summed E-state index contributed by atoms with van der Waals surface area (Å²) >= 11 is 6.67. The van der Waals surface area contributed by atoms with Crippen molar-refractivity contribution < 1.29 is 18.7 Å². The molecule has 0 unspecified atom stereocenters. The molecular weight excluding hydrogens is 370 g/mol. The van der Waals surface area contributed by atoms with Crippen molar-refractivity contribution >= 4 is 40.3 Å². The first-order valence-electron chi connectivity index (χ1n) is 8.04. The summed E-state index contributed by atoms with van der Waals surface area (Å²) in [6.07, 6.45) is 2.41. The molecule has 0 bridgehead atoms. The molecule has 5 nitrogen and oxygen atoms in total. The van der Waals surface area contributed by atoms with Crippen molar-refractivity contribution in [2.45, 2.75) is 13.3 Å². The zero-order valence-electron chi connectivity index (χ0n) is 14.8. The lowest BCUT2D eigenvalue weighted by Crippen LogP contribution is -2.30. The second-order valence-corrected chi connectivity index (χ2v) is 7.40. The van der Waals surface area contributed by atoms with E-state index >= 15 is 0 Å². The summed E-state index contributed by atoms with van der Waals surface area (Å²) in [4.78, 5) is 14.8. The van der Waals surface area contributed by atoms with Crippen molar-refractivity contribution in [3.63, 3.8) is 0 Å². The van der Waals surface area contributed by atoms with E-state index in [1.54, 1.807) is 25.2 Å². The third-order valence-corrected chi connectivity index (χ3v) is 5.36. The van der Waals surface area contributed by atoms with E-state index in [9.17, 15) is 4.79 Å². The first-order chi connectivity index (χ1) is 12.5. The Morgan fingerprint density at radius 1 is 1.19 bits per heavy atom. The Morgan fingerprint density at radius 2 is 1.96 bits per heavy atom. The number of aryl methyl sites for hydroxylation is 1. The molecule has 1 fully saturated rings. The number of thiocarbonyl (C=S) groups is 1. The number of thioether (sulfide) groups is 1. The minimum absolute atomic E-state index is 0.0884. The van der Waals surface area contributed by atoms with Crippen LogP contribution in [0.5, 0.6) is 11.5 Å². The zero-order valence-corrected chi connectivity index (χ0v) is 16.4. The van der Waals surface area contributed by atoms with Crippen molar-refractivity contribution in [2.24, 2.45) is 0 Å². The molecule has 1 aromatic carbocycles. The number of rotatable bonds is 6. The van der Waals surface area contributed by atoms with Crippen LogP contribution in [0.1, 0.15) is 17.1 Å². The number of hydrogen-bond acceptors (Lipinski definition) is 6. The molecular formula is C19H19NO4S2. The van der Waals surface area contributed by atoms with E-state index in [0.717, 1.165) is 11.3 Å². The highest BCUT2D eigenvalue weighted by Crippen LogP contribution is 2.33. The van der Waals surface area contributed by atoms with E-state index in [2.05, 4.69) is 0 Å². The van der Waals surface area contributed by atoms with Gasteiger partial charge in [0.05, 0.1) is 19.1 Å². The van der Waals surface area contributed by atoms with Crippen LogP contribution in [0.3, 0.4) is 0 Å². The van der Waals surface area contributed by atoms with Gasteiger partial charge in [-0.1, -0.05) is 30.0 Å². The number of hydrogen-bond donors (Lipinski definition) is 0. The van der Waals surface area contributed by atoms with Crippen molar-refractivity contribution in [1.29, 1.82) is 0 Å². The molecule has 1 aliphatic rings. The molecule has 0 atom stereocenters. The van der Waals surface area contributed by atoms with Crippen LogP contribution in [-0.4, -0.2) is 35.9 Å². The van der Waals surface area contributed by atoms with Gasteiger partial charge < -0.3 is 13.9 Å². The second-order valence-electron chi connectivity index (χ2n) is 5.72. The Balaban J connectivity index is 1.69. The maximum atomic E-state index is 12.6. The van der Waals surface area contributed by atoms with Crippen LogP contribution in [0, 0.1) is 6.92 Å². The Labute approximate surface area is 162 Å². The van der Waals surface area contributed by atoms with Gasteiger partial charge in [-0.15, -0.1) is 0 Å². The monoisotopic (exact) mass is 389 g/mol. The Bertz CT molecular complexity index is 872. The van der Waals surface area contributed by atoms with Crippen molar-refractivity contribution in [2.75, 3.05) is 20.8 Å². The number of amides is 1. The average Bonchev–Trinajstić information content (AvgIpc) is 3.16. The molecule has 136 valence electrons. The fraction of sp³-hybridized carbons (Fsp3) is 0.263. The highest BCUT2D eigenvalue weighted by molar-refractivity contribution is 8.26. The van der Waals surface area contributed by atoms with Crippen LogP contribution in [0.25, 0.3) is 6.08 Å². The minimum Gasteiger partial charge on any atom is -0.493 e.